The van der Waals surface area contributed by atoms with Gasteiger partial charge in [0.1, 0.15) is 5.69 Å². The highest BCUT2D eigenvalue weighted by Gasteiger charge is 2.33. The summed E-state index contributed by atoms with van der Waals surface area (Å²) in [7, 11) is -3.97. The predicted molar refractivity (Wildman–Crippen MR) is 92.4 cm³/mol. The maximum atomic E-state index is 13.5. The van der Waals surface area contributed by atoms with Gasteiger partial charge in [-0.25, -0.2) is 22.2 Å². The number of nitrogens with zero attached hydrogens (tertiary/aromatic N) is 5. The smallest absolute Gasteiger partial charge is 0.267 e. The standard InChI is InChI=1S/C17H15F2N5O3S/c18-13-4-3-12(8-14(13)19)28(25,26)24-7-1-2-11(10-24)16-22-23-17(27-16)15-9-20-5-6-21-15/h3-6,8-9,11H,1-2,7,10H2/t11-/m1/s1. The highest BCUT2D eigenvalue weighted by atomic mass is 32.2. The molecular formula is C17H15F2N5O3S. The van der Waals surface area contributed by atoms with Crippen molar-refractivity contribution in [2.24, 2.45) is 0 Å². The van der Waals surface area contributed by atoms with E-state index in [1.165, 1.54) is 22.9 Å². The van der Waals surface area contributed by atoms with Crippen LogP contribution in [0, 0.1) is 11.6 Å². The van der Waals surface area contributed by atoms with Crippen molar-refractivity contribution in [2.45, 2.75) is 23.7 Å². The van der Waals surface area contributed by atoms with Gasteiger partial charge in [-0.3, -0.25) is 4.98 Å². The van der Waals surface area contributed by atoms with E-state index in [0.717, 1.165) is 12.1 Å². The van der Waals surface area contributed by atoms with E-state index in [-0.39, 0.29) is 29.8 Å². The van der Waals surface area contributed by atoms with Gasteiger partial charge in [-0.1, -0.05) is 0 Å². The molecule has 28 heavy (non-hydrogen) atoms. The topological polar surface area (TPSA) is 102 Å². The van der Waals surface area contributed by atoms with Crippen molar-refractivity contribution >= 4 is 10.0 Å². The summed E-state index contributed by atoms with van der Waals surface area (Å²) in [4.78, 5) is 7.73. The zero-order valence-electron chi connectivity index (χ0n) is 14.5. The molecule has 0 saturated carbocycles. The van der Waals surface area contributed by atoms with Gasteiger partial charge in [0.25, 0.3) is 5.89 Å². The second-order valence-electron chi connectivity index (χ2n) is 6.31. The van der Waals surface area contributed by atoms with E-state index in [9.17, 15) is 17.2 Å². The van der Waals surface area contributed by atoms with Crippen LogP contribution in [-0.4, -0.2) is 46.0 Å². The van der Waals surface area contributed by atoms with E-state index < -0.39 is 21.7 Å². The monoisotopic (exact) mass is 407 g/mol. The van der Waals surface area contributed by atoms with Gasteiger partial charge >= 0.3 is 0 Å². The molecular weight excluding hydrogens is 392 g/mol. The Morgan fingerprint density at radius 1 is 1.14 bits per heavy atom. The lowest BCUT2D eigenvalue weighted by atomic mass is 10.00. The third-order valence-corrected chi connectivity index (χ3v) is 6.35. The molecule has 3 aromatic rings. The molecule has 2 aromatic heterocycles. The molecule has 146 valence electrons. The first-order valence-electron chi connectivity index (χ1n) is 8.50. The fourth-order valence-corrected chi connectivity index (χ4v) is 4.60. The Kier molecular flexibility index (Phi) is 4.85. The minimum absolute atomic E-state index is 0.101. The molecule has 0 N–H and O–H groups in total. The van der Waals surface area contributed by atoms with Crippen LogP contribution in [-0.2, 0) is 10.0 Å². The van der Waals surface area contributed by atoms with Crippen molar-refractivity contribution in [1.82, 2.24) is 24.5 Å². The summed E-state index contributed by atoms with van der Waals surface area (Å²) in [5.74, 6) is -2.13. The quantitative estimate of drug-likeness (QED) is 0.654. The third-order valence-electron chi connectivity index (χ3n) is 4.49. The lowest BCUT2D eigenvalue weighted by Gasteiger charge is -2.30. The highest BCUT2D eigenvalue weighted by Crippen LogP contribution is 2.31. The molecule has 1 aliphatic rings. The zero-order chi connectivity index (χ0) is 19.7. The summed E-state index contributed by atoms with van der Waals surface area (Å²) in [6.07, 6.45) is 5.72. The van der Waals surface area contributed by atoms with Gasteiger partial charge in [0, 0.05) is 25.5 Å². The Labute approximate surface area is 159 Å². The first-order chi connectivity index (χ1) is 13.4. The Morgan fingerprint density at radius 2 is 2.00 bits per heavy atom. The molecule has 1 fully saturated rings. The Bertz CT molecular complexity index is 1090. The average Bonchev–Trinajstić information content (AvgIpc) is 3.21. The fourth-order valence-electron chi connectivity index (χ4n) is 3.06. The lowest BCUT2D eigenvalue weighted by molar-refractivity contribution is 0.286. The fraction of sp³-hybridized carbons (Fsp3) is 0.294. The largest absolute Gasteiger partial charge is 0.419 e. The number of benzene rings is 1. The first-order valence-corrected chi connectivity index (χ1v) is 9.94. The van der Waals surface area contributed by atoms with Crippen molar-refractivity contribution in [2.75, 3.05) is 13.1 Å². The Balaban J connectivity index is 1.56. The highest BCUT2D eigenvalue weighted by molar-refractivity contribution is 7.89. The van der Waals surface area contributed by atoms with Crippen molar-refractivity contribution in [1.29, 1.82) is 0 Å². The molecule has 0 radical (unpaired) electrons. The molecule has 11 heteroatoms. The van der Waals surface area contributed by atoms with Crippen molar-refractivity contribution in [3.05, 3.63) is 54.3 Å². The number of rotatable bonds is 4. The van der Waals surface area contributed by atoms with E-state index in [2.05, 4.69) is 20.2 Å². The van der Waals surface area contributed by atoms with E-state index in [1.54, 1.807) is 0 Å². The lowest BCUT2D eigenvalue weighted by Crippen LogP contribution is -2.39. The van der Waals surface area contributed by atoms with Gasteiger partial charge in [0.15, 0.2) is 11.6 Å². The maximum absolute atomic E-state index is 13.5. The van der Waals surface area contributed by atoms with Crippen molar-refractivity contribution < 1.29 is 21.6 Å². The Hall–Kier alpha value is -2.79. The van der Waals surface area contributed by atoms with Gasteiger partial charge in [-0.2, -0.15) is 4.31 Å². The van der Waals surface area contributed by atoms with Crippen molar-refractivity contribution in [3.63, 3.8) is 0 Å². The number of hydrogen-bond acceptors (Lipinski definition) is 7. The summed E-state index contributed by atoms with van der Waals surface area (Å²) >= 11 is 0. The molecule has 4 rings (SSSR count). The van der Waals surface area contributed by atoms with E-state index in [0.29, 0.717) is 30.5 Å². The predicted octanol–water partition coefficient (Wildman–Crippen LogP) is 2.37. The molecule has 0 unspecified atom stereocenters. The summed E-state index contributed by atoms with van der Waals surface area (Å²) in [5, 5.41) is 7.97. The average molecular weight is 407 g/mol. The zero-order valence-corrected chi connectivity index (χ0v) is 15.3. The normalized spacial score (nSPS) is 18.3. The van der Waals surface area contributed by atoms with Gasteiger partial charge in [-0.15, -0.1) is 10.2 Å². The Morgan fingerprint density at radius 3 is 2.75 bits per heavy atom. The summed E-state index contributed by atoms with van der Waals surface area (Å²) < 4.78 is 59.1. The van der Waals surface area contributed by atoms with Crippen LogP contribution in [0.3, 0.4) is 0 Å². The van der Waals surface area contributed by atoms with E-state index >= 15 is 0 Å². The van der Waals surface area contributed by atoms with Crippen LogP contribution >= 0.6 is 0 Å². The number of hydrogen-bond donors (Lipinski definition) is 0. The maximum Gasteiger partial charge on any atom is 0.267 e. The molecule has 0 bridgehead atoms. The van der Waals surface area contributed by atoms with Gasteiger partial charge in [0.2, 0.25) is 15.9 Å². The molecule has 0 aliphatic carbocycles. The van der Waals surface area contributed by atoms with E-state index in [4.69, 9.17) is 4.42 Å². The van der Waals surface area contributed by atoms with Gasteiger partial charge < -0.3 is 4.42 Å². The molecule has 8 nitrogen and oxygen atoms in total. The molecule has 0 spiro atoms. The molecule has 1 atom stereocenters. The summed E-state index contributed by atoms with van der Waals surface area (Å²) in [6.45, 7) is 0.367. The molecule has 1 saturated heterocycles. The van der Waals surface area contributed by atoms with Crippen LogP contribution < -0.4 is 0 Å². The molecule has 3 heterocycles. The first kappa shape index (κ1) is 18.6. The minimum Gasteiger partial charge on any atom is -0.419 e. The van der Waals surface area contributed by atoms with Crippen LogP contribution in [0.2, 0.25) is 0 Å². The summed E-state index contributed by atoms with van der Waals surface area (Å²) in [5.41, 5.74) is 0.420. The van der Waals surface area contributed by atoms with Gasteiger partial charge in [0.05, 0.1) is 17.0 Å². The van der Waals surface area contributed by atoms with Crippen LogP contribution in [0.4, 0.5) is 8.78 Å². The molecule has 1 aromatic carbocycles. The second kappa shape index (κ2) is 7.32. The number of halogens is 2. The third kappa shape index (κ3) is 3.50. The van der Waals surface area contributed by atoms with E-state index in [1.807, 2.05) is 0 Å². The number of sulfonamides is 1. The SMILES string of the molecule is O=S(=O)(c1ccc(F)c(F)c1)N1CCC[C@@H](c2nnc(-c3cnccn3)o2)C1. The van der Waals surface area contributed by atoms with Crippen LogP contribution in [0.1, 0.15) is 24.7 Å². The number of aromatic nitrogens is 4. The minimum atomic E-state index is -3.97. The van der Waals surface area contributed by atoms with Gasteiger partial charge in [-0.05, 0) is 31.0 Å². The number of piperidine rings is 1. The van der Waals surface area contributed by atoms with Crippen LogP contribution in [0.15, 0.2) is 46.1 Å². The van der Waals surface area contributed by atoms with Crippen LogP contribution in [0.25, 0.3) is 11.6 Å². The summed E-state index contributed by atoms with van der Waals surface area (Å²) in [6, 6.07) is 2.54. The second-order valence-corrected chi connectivity index (χ2v) is 8.25. The van der Waals surface area contributed by atoms with Crippen LogP contribution in [0.5, 0.6) is 0 Å². The molecule has 1 aliphatic heterocycles. The molecule has 0 amide bonds. The van der Waals surface area contributed by atoms with Crippen molar-refractivity contribution in [3.8, 4) is 11.6 Å².